The zero-order valence-corrected chi connectivity index (χ0v) is 152. The van der Waals surface area contributed by atoms with Crippen molar-refractivity contribution >= 4 is 524 Å². The number of esters is 1. The number of aliphatic carboxylic acids is 1. The van der Waals surface area contributed by atoms with E-state index in [1.54, 1.807) is 18.2 Å². The standard InChI is InChI=1S/C32H51NO4Si.C23H36O5Si.C15H19NO2.ClH.H33P31.H32P30/c1-11-17-24(4)27(18-12-2)33-29(34)23-26(37-38(9,10)31(5,6)7)21-22-32(8)28(13-3)35-30(36-32)25-19-15-14-16-20-25;1-8-19-23(5,27-21(26-19)17-12-10-9-11-13-17)15-14-18(16-20(24)25)28-29(6,7)22(2,3)4;1-3-7-14(16)12(2)10-11-18-15(17)13-8-5-4-6-9-13;;1-17-25(16)29(24(14)15)31(28(22(10)11)23(12)13)30(26(18(2)3)19(4)5)27(20(6)7)21(8)9;1-17(2)25(18(3)4)29(26(19(5)6)20(7)8)30(27(21(9)10)22(11)12)28(23(13)14)24(15)16/h12-17,19-20,26-28,30H,2-3,11,18,21-23H2,1,4-10H3,(H,33,34);8-13,18-19,21H,1,14-16H2,2-7H3,(H,24,25);3-6,8-10,14H,1,7,11,16H2,2H3;1H;17H,1-16H2;1-16H2/b24-17+;;12-10+;;;/t26-,27+,28+,30+,32-;18-,19+,21+,23-;14-;;;/m110.../s1. The molecular weight excluding hydrogens is 3030 g/mol. The molecule has 13 nitrogen and oxygen atoms in total. The SMILES string of the molecule is C=CC[C@H](NC(=O)C[C@@H](CC[C@@]1(C)O[C@@H](c2ccccc2)O[C@H]1C=C)O[Si](C)(C)C(C)(C)C)/C(C)=C/CC.C=CC[C@H]([NH3+])/C(C)=C/COC(=O)c1ccccc1.C=C[C@@H]1O[C@H](c2ccccc2)O[C@]1(C)CC[C@H](CC(=O)O)O[Si](C)(C)C(C)(C)C.PP(P)P(P(P)P)P(P(P(P)P)P(P)P)P(P(P(P)P)P(P)P)P(P(P)P)P(P)P.PPP(P)P(P(P)P)P(P(P(P)P)P(P)P)P(P(P(P)P)P(P)P)P(P(P)P)P(P)P.[Cl-]. The zero-order valence-electron chi connectivity index (χ0n) is 86.3. The van der Waals surface area contributed by atoms with Crippen LogP contribution in [0.2, 0.25) is 36.3 Å². The molecule has 0 saturated carbocycles. The van der Waals surface area contributed by atoms with E-state index in [0.29, 0.717) is 44.1 Å². The van der Waals surface area contributed by atoms with Gasteiger partial charge in [0.05, 0.1) is 47.9 Å². The molecule has 2 aliphatic heterocycles. The lowest BCUT2D eigenvalue weighted by atomic mass is 9.91. The van der Waals surface area contributed by atoms with Crippen molar-refractivity contribution < 1.29 is 70.2 Å². The first-order valence-corrected chi connectivity index (χ1v) is 160. The van der Waals surface area contributed by atoms with Crippen molar-refractivity contribution in [2.24, 2.45) is 0 Å². The van der Waals surface area contributed by atoms with Crippen LogP contribution in [-0.2, 0) is 42.1 Å². The number of carbonyl (C=O) groups is 3. The summed E-state index contributed by atoms with van der Waals surface area (Å²) in [6.07, 6.45) is 14.7. The number of rotatable bonds is 56. The van der Waals surface area contributed by atoms with E-state index in [2.05, 4.69) is 418 Å². The summed E-state index contributed by atoms with van der Waals surface area (Å²) in [5, 5.41) is 12.7. The first-order valence-electron chi connectivity index (χ1n) is 44.0. The summed E-state index contributed by atoms with van der Waals surface area (Å²) in [6.45, 7) is 47.6. The lowest BCUT2D eigenvalue weighted by molar-refractivity contribution is -0.405. The molecule has 77 heteroatoms. The summed E-state index contributed by atoms with van der Waals surface area (Å²) in [7, 11) is 102. The van der Waals surface area contributed by atoms with E-state index >= 15 is 0 Å². The Balaban J connectivity index is 0.00000184. The van der Waals surface area contributed by atoms with Gasteiger partial charge in [0.1, 0.15) is 24.9 Å². The highest BCUT2D eigenvalue weighted by molar-refractivity contribution is 9.46. The van der Waals surface area contributed by atoms with Gasteiger partial charge in [0, 0.05) is 17.5 Å². The first kappa shape index (κ1) is 168. The Morgan fingerprint density at radius 1 is 0.456 bits per heavy atom. The molecule has 3 aromatic rings. The molecule has 0 aliphatic carbocycles. The van der Waals surface area contributed by atoms with Crippen LogP contribution in [0.4, 0.5) is 0 Å². The quantitative estimate of drug-likeness (QED) is 0.0212. The third-order valence-corrected chi connectivity index (χ3v) is 433. The molecule has 0 aromatic heterocycles. The molecule has 5 rings (SSSR count). The minimum absolute atomic E-state index is 0. The molecule has 36 unspecified atom stereocenters. The van der Waals surface area contributed by atoms with E-state index in [9.17, 15) is 19.5 Å². The fourth-order valence-electron chi connectivity index (χ4n) is 12.7. The van der Waals surface area contributed by atoms with Crippen LogP contribution in [0.25, 0.3) is 0 Å². The summed E-state index contributed by atoms with van der Waals surface area (Å²) in [5.41, 5.74) is 7.63. The third-order valence-electron chi connectivity index (χ3n) is 21.9. The van der Waals surface area contributed by atoms with Gasteiger partial charge in [0.2, 0.25) is 5.91 Å². The highest BCUT2D eigenvalue weighted by Crippen LogP contribution is 3.41. The Labute approximate surface area is 1010 Å². The molecule has 147 heavy (non-hydrogen) atoms. The molecule has 2 heterocycles. The highest BCUT2D eigenvalue weighted by atomic mass is 35.5. The maximum Gasteiger partial charge on any atom is 0.338 e. The molecule has 848 valence electrons. The minimum Gasteiger partial charge on any atom is -1.00 e. The van der Waals surface area contributed by atoms with E-state index in [1.807, 2.05) is 117 Å². The predicted octanol–water partition coefficient (Wildman–Crippen LogP) is 47.8. The van der Waals surface area contributed by atoms with Gasteiger partial charge in [-0.3, -0.25) is 9.59 Å². The van der Waals surface area contributed by atoms with Gasteiger partial charge >= 0.3 is 11.9 Å². The second-order valence-electron chi connectivity index (χ2n) is 35.3. The lowest BCUT2D eigenvalue weighted by Gasteiger charge is -2.52. The number of allylic oxidation sites excluding steroid dienone is 1. The number of benzene rings is 3. The number of halogens is 1. The second kappa shape index (κ2) is 87.9. The number of ether oxygens (including phenoxy) is 5. The number of carboxylic acid groups (broad SMARTS) is 1. The summed E-state index contributed by atoms with van der Waals surface area (Å²) in [4.78, 5) is 36.4. The fourth-order valence-corrected chi connectivity index (χ4v) is 821. The van der Waals surface area contributed by atoms with Crippen LogP contribution in [0, 0.1) is 0 Å². The van der Waals surface area contributed by atoms with Crippen molar-refractivity contribution in [1.29, 1.82) is 0 Å². The van der Waals surface area contributed by atoms with Crippen LogP contribution in [0.3, 0.4) is 0 Å². The Hall–Kier alpha value is 21.2. The Morgan fingerprint density at radius 3 is 1.00 bits per heavy atom. The number of amides is 1. The summed E-state index contributed by atoms with van der Waals surface area (Å²) in [6, 6.07) is 28.9. The number of nitrogens with one attached hydrogen (secondary N) is 1. The molecule has 0 spiro atoms. The van der Waals surface area contributed by atoms with Crippen LogP contribution in [0.5, 0.6) is 0 Å². The van der Waals surface area contributed by atoms with Gasteiger partial charge in [0.25, 0.3) is 0 Å². The summed E-state index contributed by atoms with van der Waals surface area (Å²) >= 11 is 0. The average Bonchev–Trinajstić information content (AvgIpc) is 1.76. The molecule has 2 fully saturated rings. The molecular formula is C70H172ClN2O11P61Si2. The second-order valence-corrected chi connectivity index (χ2v) is 289. The van der Waals surface area contributed by atoms with Crippen LogP contribution in [-0.4, -0.2) is 93.9 Å². The Bertz CT molecular complexity index is 4160. The highest BCUT2D eigenvalue weighted by Gasteiger charge is 2.55. The molecule has 3 aromatic carbocycles. The zero-order chi connectivity index (χ0) is 113. The maximum atomic E-state index is 13.3. The van der Waals surface area contributed by atoms with E-state index in [4.69, 9.17) is 32.5 Å². The number of carboxylic acids is 1. The Morgan fingerprint density at radius 2 is 0.741 bits per heavy atom. The molecule has 2 aliphatic rings. The van der Waals surface area contributed by atoms with Crippen LogP contribution in [0.15, 0.2) is 165 Å². The van der Waals surface area contributed by atoms with E-state index in [-0.39, 0.29) is 280 Å². The van der Waals surface area contributed by atoms with Crippen molar-refractivity contribution in [2.75, 3.05) is 6.61 Å². The van der Waals surface area contributed by atoms with E-state index in [1.165, 1.54) is 0 Å². The van der Waals surface area contributed by atoms with Gasteiger partial charge < -0.3 is 61.1 Å². The van der Waals surface area contributed by atoms with Crippen molar-refractivity contribution in [1.82, 2.24) is 5.32 Å². The number of hydrogen-bond donors (Lipinski definition) is 3. The number of quaternary nitrogens is 1. The van der Waals surface area contributed by atoms with Crippen molar-refractivity contribution in [2.45, 2.75) is 230 Å². The van der Waals surface area contributed by atoms with Crippen LogP contribution >= 0.6 is 489 Å². The Kier molecular flexibility index (Phi) is 101. The normalized spacial score (nSPS) is 19.5. The number of hydrogen-bond acceptors (Lipinski definition) is 10. The van der Waals surface area contributed by atoms with E-state index in [0.717, 1.165) is 43.1 Å². The molecule has 5 N–H and O–H groups in total. The summed E-state index contributed by atoms with van der Waals surface area (Å²) in [5.74, 6) is -1.14. The predicted molar refractivity (Wildman–Crippen MR) is 863 cm³/mol. The van der Waals surface area contributed by atoms with Gasteiger partial charge in [-0.2, -0.15) is 0 Å². The fraction of sp³-hybridized carbons (Fsp3) is 0.529. The average molecular weight is 3200 g/mol. The lowest BCUT2D eigenvalue weighted by Crippen LogP contribution is -3.00. The number of carbonyl (C=O) groups excluding carboxylic acids is 2. The van der Waals surface area contributed by atoms with Gasteiger partial charge in [-0.1, -0.05) is 171 Å². The van der Waals surface area contributed by atoms with Gasteiger partial charge in [-0.05, 0) is 322 Å². The topological polar surface area (TPSA) is 176 Å². The van der Waals surface area contributed by atoms with Crippen molar-refractivity contribution in [3.63, 3.8) is 0 Å². The van der Waals surface area contributed by atoms with Gasteiger partial charge in [-0.25, -0.2) is 4.79 Å². The van der Waals surface area contributed by atoms with Crippen LogP contribution < -0.4 is 23.5 Å². The largest absolute Gasteiger partial charge is 1.00 e. The third kappa shape index (κ3) is 61.6. The smallest absolute Gasteiger partial charge is 0.338 e. The van der Waals surface area contributed by atoms with E-state index < -0.39 is 46.4 Å². The first-order chi connectivity index (χ1) is 67.5. The van der Waals surface area contributed by atoms with Crippen molar-refractivity contribution in [3.05, 3.63) is 182 Å². The monoisotopic (exact) mass is 3200 g/mol. The molecule has 46 atom stereocenters. The van der Waals surface area contributed by atoms with Crippen molar-refractivity contribution in [3.8, 4) is 0 Å². The van der Waals surface area contributed by atoms with Gasteiger partial charge in [0.15, 0.2) is 29.2 Å². The molecule has 2 saturated heterocycles. The molecule has 1 amide bonds. The molecule has 0 bridgehead atoms. The van der Waals surface area contributed by atoms with Crippen LogP contribution in [0.1, 0.15) is 168 Å². The summed E-state index contributed by atoms with van der Waals surface area (Å²) < 4.78 is 43.6. The minimum atomic E-state index is -2.12. The molecule has 0 radical (unpaired) electrons. The maximum absolute atomic E-state index is 13.3. The van der Waals surface area contributed by atoms with Gasteiger partial charge in [-0.15, -0.1) is 312 Å².